The van der Waals surface area contributed by atoms with Gasteiger partial charge in [0, 0.05) is 31.0 Å². The molecule has 3 aromatic rings. The van der Waals surface area contributed by atoms with Crippen LogP contribution in [0.25, 0.3) is 0 Å². The van der Waals surface area contributed by atoms with Crippen LogP contribution in [0.3, 0.4) is 0 Å². The Hall–Kier alpha value is -3.67. The van der Waals surface area contributed by atoms with E-state index in [4.69, 9.17) is 4.74 Å². The summed E-state index contributed by atoms with van der Waals surface area (Å²) in [5.74, 6) is 0.585. The molecular formula is C27H31N3O3. The molecule has 2 N–H and O–H groups in total. The maximum Gasteiger partial charge on any atom is 0.253 e. The third kappa shape index (κ3) is 7.75. The predicted octanol–water partition coefficient (Wildman–Crippen LogP) is 5.11. The minimum Gasteiger partial charge on any atom is -0.494 e. The van der Waals surface area contributed by atoms with Gasteiger partial charge in [-0.2, -0.15) is 0 Å². The van der Waals surface area contributed by atoms with Crippen LogP contribution in [-0.4, -0.2) is 23.4 Å². The second kappa shape index (κ2) is 11.3. The molecule has 33 heavy (non-hydrogen) atoms. The number of carbonyl (C=O) groups excluding carboxylic acids is 2. The number of nitrogens with one attached hydrogen (secondary N) is 2. The van der Waals surface area contributed by atoms with E-state index < -0.39 is 0 Å². The van der Waals surface area contributed by atoms with E-state index >= 15 is 0 Å². The van der Waals surface area contributed by atoms with Gasteiger partial charge < -0.3 is 15.4 Å². The number of nitrogens with zero attached hydrogens (tertiary/aromatic N) is 1. The summed E-state index contributed by atoms with van der Waals surface area (Å²) < 4.78 is 5.75. The zero-order valence-electron chi connectivity index (χ0n) is 19.4. The largest absolute Gasteiger partial charge is 0.494 e. The summed E-state index contributed by atoms with van der Waals surface area (Å²) in [7, 11) is 0. The standard InChI is InChI=1S/C27H31N3O3/c1-27(2,3)22-10-14-24(15-11-22)33-17-5-7-25(31)30-23-12-8-20(9-13-23)18-29-26(32)21-6-4-16-28-19-21/h4,6,8-16,19H,5,7,17-18H2,1-3H3,(H,29,32)(H,30,31). The van der Waals surface area contributed by atoms with Gasteiger partial charge in [-0.1, -0.05) is 45.0 Å². The Balaban J connectivity index is 1.36. The van der Waals surface area contributed by atoms with Crippen molar-refractivity contribution >= 4 is 17.5 Å². The Morgan fingerprint density at radius 3 is 2.33 bits per heavy atom. The number of hydrogen-bond acceptors (Lipinski definition) is 4. The van der Waals surface area contributed by atoms with Crippen molar-refractivity contribution in [3.63, 3.8) is 0 Å². The first-order valence-corrected chi connectivity index (χ1v) is 11.1. The summed E-state index contributed by atoms with van der Waals surface area (Å²) in [4.78, 5) is 28.2. The molecule has 0 spiro atoms. The van der Waals surface area contributed by atoms with Crippen molar-refractivity contribution in [2.75, 3.05) is 11.9 Å². The van der Waals surface area contributed by atoms with Crippen LogP contribution in [-0.2, 0) is 16.8 Å². The lowest BCUT2D eigenvalue weighted by Gasteiger charge is -2.19. The molecule has 0 unspecified atom stereocenters. The van der Waals surface area contributed by atoms with Crippen LogP contribution in [0.1, 0.15) is 55.1 Å². The third-order valence-electron chi connectivity index (χ3n) is 5.15. The van der Waals surface area contributed by atoms with E-state index in [0.717, 1.165) is 17.0 Å². The minimum atomic E-state index is -0.173. The number of aromatic nitrogens is 1. The number of carbonyl (C=O) groups is 2. The Morgan fingerprint density at radius 2 is 1.70 bits per heavy atom. The van der Waals surface area contributed by atoms with Crippen LogP contribution in [0.4, 0.5) is 5.69 Å². The van der Waals surface area contributed by atoms with E-state index in [-0.39, 0.29) is 17.2 Å². The average molecular weight is 446 g/mol. The Kier molecular flexibility index (Phi) is 8.19. The Morgan fingerprint density at radius 1 is 0.970 bits per heavy atom. The molecule has 0 bridgehead atoms. The summed E-state index contributed by atoms with van der Waals surface area (Å²) in [6, 6.07) is 19.0. The van der Waals surface area contributed by atoms with Crippen LogP contribution in [0.15, 0.2) is 73.1 Å². The molecule has 0 aliphatic rings. The van der Waals surface area contributed by atoms with Gasteiger partial charge in [-0.25, -0.2) is 0 Å². The molecular weight excluding hydrogens is 414 g/mol. The van der Waals surface area contributed by atoms with Gasteiger partial charge >= 0.3 is 0 Å². The average Bonchev–Trinajstić information content (AvgIpc) is 2.81. The molecule has 2 aromatic carbocycles. The van der Waals surface area contributed by atoms with E-state index in [0.29, 0.717) is 31.6 Å². The fraction of sp³-hybridized carbons (Fsp3) is 0.296. The maximum absolute atomic E-state index is 12.2. The second-order valence-electron chi connectivity index (χ2n) is 8.90. The SMILES string of the molecule is CC(C)(C)c1ccc(OCCCC(=O)Nc2ccc(CNC(=O)c3cccnc3)cc2)cc1. The quantitative estimate of drug-likeness (QED) is 0.449. The lowest BCUT2D eigenvalue weighted by atomic mass is 9.87. The second-order valence-corrected chi connectivity index (χ2v) is 8.90. The number of hydrogen-bond donors (Lipinski definition) is 2. The summed E-state index contributed by atoms with van der Waals surface area (Å²) >= 11 is 0. The van der Waals surface area contributed by atoms with Gasteiger partial charge in [0.05, 0.1) is 12.2 Å². The predicted molar refractivity (Wildman–Crippen MR) is 130 cm³/mol. The van der Waals surface area contributed by atoms with E-state index in [2.05, 4.69) is 48.5 Å². The monoisotopic (exact) mass is 445 g/mol. The number of pyridine rings is 1. The first-order valence-electron chi connectivity index (χ1n) is 11.1. The summed E-state index contributed by atoms with van der Waals surface area (Å²) in [5.41, 5.74) is 3.56. The topological polar surface area (TPSA) is 80.3 Å². The van der Waals surface area contributed by atoms with Crippen LogP contribution in [0.2, 0.25) is 0 Å². The van der Waals surface area contributed by atoms with Crippen LogP contribution >= 0.6 is 0 Å². The number of amides is 2. The van der Waals surface area contributed by atoms with Crippen molar-refractivity contribution < 1.29 is 14.3 Å². The van der Waals surface area contributed by atoms with Crippen LogP contribution in [0, 0.1) is 0 Å². The van der Waals surface area contributed by atoms with Crippen molar-refractivity contribution in [2.24, 2.45) is 0 Å². The first-order chi connectivity index (χ1) is 15.8. The third-order valence-corrected chi connectivity index (χ3v) is 5.15. The summed E-state index contributed by atoms with van der Waals surface area (Å²) in [5, 5.41) is 5.75. The first kappa shape index (κ1) is 24.0. The molecule has 0 aliphatic carbocycles. The molecule has 1 heterocycles. The smallest absolute Gasteiger partial charge is 0.253 e. The van der Waals surface area contributed by atoms with E-state index in [1.165, 1.54) is 11.8 Å². The molecule has 3 rings (SSSR count). The molecule has 172 valence electrons. The number of benzene rings is 2. The summed E-state index contributed by atoms with van der Waals surface area (Å²) in [6.45, 7) is 7.41. The number of anilines is 1. The van der Waals surface area contributed by atoms with Crippen molar-refractivity contribution in [1.29, 1.82) is 0 Å². The zero-order chi connectivity index (χ0) is 23.7. The molecule has 0 saturated heterocycles. The van der Waals surface area contributed by atoms with Crippen molar-refractivity contribution in [2.45, 2.75) is 45.6 Å². The summed E-state index contributed by atoms with van der Waals surface area (Å²) in [6.07, 6.45) is 4.17. The molecule has 0 radical (unpaired) electrons. The lowest BCUT2D eigenvalue weighted by molar-refractivity contribution is -0.116. The van der Waals surface area contributed by atoms with Gasteiger partial charge in [-0.3, -0.25) is 14.6 Å². The fourth-order valence-corrected chi connectivity index (χ4v) is 3.18. The van der Waals surface area contributed by atoms with Gasteiger partial charge in [0.25, 0.3) is 5.91 Å². The molecule has 6 heteroatoms. The minimum absolute atomic E-state index is 0.0562. The highest BCUT2D eigenvalue weighted by atomic mass is 16.5. The van der Waals surface area contributed by atoms with E-state index in [1.807, 2.05) is 36.4 Å². The van der Waals surface area contributed by atoms with Gasteiger partial charge in [-0.15, -0.1) is 0 Å². The van der Waals surface area contributed by atoms with Crippen LogP contribution in [0.5, 0.6) is 5.75 Å². The highest BCUT2D eigenvalue weighted by Crippen LogP contribution is 2.24. The van der Waals surface area contributed by atoms with E-state index in [9.17, 15) is 9.59 Å². The zero-order valence-corrected chi connectivity index (χ0v) is 19.4. The molecule has 0 fully saturated rings. The van der Waals surface area contributed by atoms with Crippen molar-refractivity contribution in [1.82, 2.24) is 10.3 Å². The molecule has 6 nitrogen and oxygen atoms in total. The maximum atomic E-state index is 12.2. The lowest BCUT2D eigenvalue weighted by Crippen LogP contribution is -2.22. The van der Waals surface area contributed by atoms with Gasteiger partial charge in [0.15, 0.2) is 0 Å². The van der Waals surface area contributed by atoms with Gasteiger partial charge in [0.1, 0.15) is 5.75 Å². The van der Waals surface area contributed by atoms with Gasteiger partial charge in [0.2, 0.25) is 5.91 Å². The molecule has 1 aromatic heterocycles. The highest BCUT2D eigenvalue weighted by molar-refractivity contribution is 5.93. The molecule has 0 aliphatic heterocycles. The number of ether oxygens (including phenoxy) is 1. The van der Waals surface area contributed by atoms with Crippen molar-refractivity contribution in [3.8, 4) is 5.75 Å². The fourth-order valence-electron chi connectivity index (χ4n) is 3.18. The Labute approximate surface area is 195 Å². The normalized spacial score (nSPS) is 11.0. The van der Waals surface area contributed by atoms with E-state index in [1.54, 1.807) is 18.3 Å². The molecule has 0 saturated carbocycles. The Bertz CT molecular complexity index is 1040. The van der Waals surface area contributed by atoms with Crippen molar-refractivity contribution in [3.05, 3.63) is 89.7 Å². The molecule has 2 amide bonds. The van der Waals surface area contributed by atoms with Crippen LogP contribution < -0.4 is 15.4 Å². The molecule has 0 atom stereocenters. The number of rotatable bonds is 9. The van der Waals surface area contributed by atoms with Gasteiger partial charge in [-0.05, 0) is 59.4 Å². The highest BCUT2D eigenvalue weighted by Gasteiger charge is 2.13.